The van der Waals surface area contributed by atoms with Crippen molar-refractivity contribution in [3.63, 3.8) is 0 Å². The van der Waals surface area contributed by atoms with Gasteiger partial charge in [-0.25, -0.2) is 17.2 Å². The molecule has 190 valence electrons. The molecule has 2 aliphatic rings. The number of morpholine rings is 1. The smallest absolute Gasteiger partial charge is 0.253 e. The predicted molar refractivity (Wildman–Crippen MR) is 125 cm³/mol. The average molecular weight is 520 g/mol. The Labute approximate surface area is 206 Å². The van der Waals surface area contributed by atoms with Gasteiger partial charge in [0, 0.05) is 30.8 Å². The van der Waals surface area contributed by atoms with E-state index in [2.05, 4.69) is 5.16 Å². The number of halogens is 2. The third kappa shape index (κ3) is 4.59. The Morgan fingerprint density at radius 1 is 1.19 bits per heavy atom. The maximum atomic E-state index is 15.2. The number of carbonyl (C=O) groups excluding carboxylic acids is 1. The van der Waals surface area contributed by atoms with Crippen molar-refractivity contribution in [1.29, 1.82) is 0 Å². The largest absolute Gasteiger partial charge is 0.495 e. The molecule has 1 amide bonds. The van der Waals surface area contributed by atoms with Gasteiger partial charge >= 0.3 is 0 Å². The molecule has 0 bridgehead atoms. The summed E-state index contributed by atoms with van der Waals surface area (Å²) in [5.74, 6) is -1.65. The van der Waals surface area contributed by atoms with Crippen LogP contribution in [0.3, 0.4) is 0 Å². The number of rotatable bonds is 6. The molecular weight excluding hydrogens is 496 g/mol. The number of fused-ring (bicyclic) bond motifs is 1. The Bertz CT molecular complexity index is 1380. The number of aromatic nitrogens is 1. The van der Waals surface area contributed by atoms with Crippen LogP contribution in [-0.2, 0) is 25.3 Å². The Morgan fingerprint density at radius 3 is 2.75 bits per heavy atom. The monoisotopic (exact) mass is 519 g/mol. The summed E-state index contributed by atoms with van der Waals surface area (Å²) in [4.78, 5) is 14.4. The first kappa shape index (κ1) is 24.3. The van der Waals surface area contributed by atoms with Crippen LogP contribution < -0.4 is 9.64 Å². The number of carbonyl (C=O) groups is 1. The lowest BCUT2D eigenvalue weighted by Gasteiger charge is -2.46. The molecule has 3 aromatic rings. The molecule has 0 radical (unpaired) electrons. The molecule has 5 rings (SSSR count). The Hall–Kier alpha value is -3.35. The van der Waals surface area contributed by atoms with E-state index >= 15 is 4.39 Å². The molecule has 2 fully saturated rings. The Morgan fingerprint density at radius 2 is 2.03 bits per heavy atom. The SMILES string of the molecule is COc1cc(-c2cccc(F)c2)c(F)cc1N1C(=O)CO[C@@H]2CN(S(=O)(=O)Cc3ccon3)CC[C@H]21. The van der Waals surface area contributed by atoms with Crippen molar-refractivity contribution >= 4 is 21.6 Å². The molecule has 0 spiro atoms. The zero-order valence-electron chi connectivity index (χ0n) is 19.3. The number of nitrogens with zero attached hydrogens (tertiary/aromatic N) is 3. The fourth-order valence-electron chi connectivity index (χ4n) is 4.70. The van der Waals surface area contributed by atoms with Crippen molar-refractivity contribution < 1.29 is 36.0 Å². The molecule has 36 heavy (non-hydrogen) atoms. The van der Waals surface area contributed by atoms with Gasteiger partial charge in [-0.2, -0.15) is 4.31 Å². The molecule has 12 heteroatoms. The van der Waals surface area contributed by atoms with Gasteiger partial charge in [0.15, 0.2) is 0 Å². The van der Waals surface area contributed by atoms with Crippen LogP contribution in [0.25, 0.3) is 11.1 Å². The minimum absolute atomic E-state index is 0.0286. The van der Waals surface area contributed by atoms with E-state index in [1.54, 1.807) is 6.07 Å². The highest BCUT2D eigenvalue weighted by atomic mass is 32.2. The summed E-state index contributed by atoms with van der Waals surface area (Å²) >= 11 is 0. The molecule has 9 nitrogen and oxygen atoms in total. The van der Waals surface area contributed by atoms with Gasteiger partial charge in [0.25, 0.3) is 5.91 Å². The Kier molecular flexibility index (Phi) is 6.49. The first-order valence-electron chi connectivity index (χ1n) is 11.2. The number of hydrogen-bond acceptors (Lipinski definition) is 7. The van der Waals surface area contributed by atoms with Gasteiger partial charge in [0.1, 0.15) is 36.0 Å². The van der Waals surface area contributed by atoms with E-state index < -0.39 is 39.7 Å². The summed E-state index contributed by atoms with van der Waals surface area (Å²) in [7, 11) is -2.30. The van der Waals surface area contributed by atoms with Crippen LogP contribution in [0.1, 0.15) is 12.1 Å². The summed E-state index contributed by atoms with van der Waals surface area (Å²) in [5, 5.41) is 3.67. The van der Waals surface area contributed by atoms with Crippen LogP contribution in [0.15, 0.2) is 53.3 Å². The van der Waals surface area contributed by atoms with Gasteiger partial charge in [-0.3, -0.25) is 4.79 Å². The van der Waals surface area contributed by atoms with E-state index in [1.165, 1.54) is 59.0 Å². The van der Waals surface area contributed by atoms with Gasteiger partial charge in [-0.1, -0.05) is 17.3 Å². The van der Waals surface area contributed by atoms with Crippen LogP contribution in [0.4, 0.5) is 14.5 Å². The predicted octanol–water partition coefficient (Wildman–Crippen LogP) is 2.96. The van der Waals surface area contributed by atoms with Crippen molar-refractivity contribution in [2.75, 3.05) is 31.7 Å². The maximum Gasteiger partial charge on any atom is 0.253 e. The summed E-state index contributed by atoms with van der Waals surface area (Å²) in [6, 6.07) is 9.09. The molecule has 2 aromatic carbocycles. The molecule has 0 N–H and O–H groups in total. The summed E-state index contributed by atoms with van der Waals surface area (Å²) < 4.78 is 72.0. The van der Waals surface area contributed by atoms with Gasteiger partial charge in [0.2, 0.25) is 10.0 Å². The first-order chi connectivity index (χ1) is 17.3. The number of anilines is 1. The number of hydrogen-bond donors (Lipinski definition) is 0. The van der Waals surface area contributed by atoms with Crippen LogP contribution in [0.2, 0.25) is 0 Å². The van der Waals surface area contributed by atoms with Crippen LogP contribution in [0, 0.1) is 11.6 Å². The van der Waals surface area contributed by atoms with E-state index in [0.717, 1.165) is 0 Å². The van der Waals surface area contributed by atoms with Crippen molar-refractivity contribution in [3.8, 4) is 16.9 Å². The van der Waals surface area contributed by atoms with E-state index in [9.17, 15) is 17.6 Å². The third-order valence-electron chi connectivity index (χ3n) is 6.39. The van der Waals surface area contributed by atoms with Crippen molar-refractivity contribution in [1.82, 2.24) is 9.46 Å². The second-order valence-electron chi connectivity index (χ2n) is 8.59. The first-order valence-corrected chi connectivity index (χ1v) is 12.8. The van der Waals surface area contributed by atoms with Crippen molar-refractivity contribution in [2.45, 2.75) is 24.3 Å². The van der Waals surface area contributed by atoms with Crippen LogP contribution >= 0.6 is 0 Å². The van der Waals surface area contributed by atoms with E-state index in [1.807, 2.05) is 0 Å². The number of piperidine rings is 1. The maximum absolute atomic E-state index is 15.2. The quantitative estimate of drug-likeness (QED) is 0.494. The highest BCUT2D eigenvalue weighted by Gasteiger charge is 2.44. The van der Waals surface area contributed by atoms with E-state index in [0.29, 0.717) is 5.56 Å². The molecule has 2 aliphatic heterocycles. The van der Waals surface area contributed by atoms with Crippen molar-refractivity contribution in [2.24, 2.45) is 0 Å². The Balaban J connectivity index is 1.43. The molecule has 0 aliphatic carbocycles. The average Bonchev–Trinajstić information content (AvgIpc) is 3.36. The fraction of sp³-hybridized carbons (Fsp3) is 0.333. The summed E-state index contributed by atoms with van der Waals surface area (Å²) in [6.45, 7) is -0.129. The van der Waals surface area contributed by atoms with Crippen LogP contribution in [-0.4, -0.2) is 62.7 Å². The zero-order chi connectivity index (χ0) is 25.4. The zero-order valence-corrected chi connectivity index (χ0v) is 20.1. The number of amides is 1. The topological polar surface area (TPSA) is 102 Å². The molecule has 2 saturated heterocycles. The lowest BCUT2D eigenvalue weighted by molar-refractivity contribution is -0.134. The van der Waals surface area contributed by atoms with Crippen molar-refractivity contribution in [3.05, 3.63) is 66.1 Å². The molecule has 1 aromatic heterocycles. The molecular formula is C24H23F2N3O6S. The minimum atomic E-state index is -3.70. The number of ether oxygens (including phenoxy) is 2. The highest BCUT2D eigenvalue weighted by Crippen LogP contribution is 2.40. The summed E-state index contributed by atoms with van der Waals surface area (Å²) in [6.07, 6.45) is 0.945. The lowest BCUT2D eigenvalue weighted by atomic mass is 9.97. The normalized spacial score (nSPS) is 20.9. The summed E-state index contributed by atoms with van der Waals surface area (Å²) in [5.41, 5.74) is 0.949. The highest BCUT2D eigenvalue weighted by molar-refractivity contribution is 7.88. The van der Waals surface area contributed by atoms with E-state index in [-0.39, 0.29) is 54.6 Å². The third-order valence-corrected chi connectivity index (χ3v) is 8.17. The van der Waals surface area contributed by atoms with Gasteiger partial charge in [-0.05, 0) is 30.2 Å². The number of benzene rings is 2. The van der Waals surface area contributed by atoms with E-state index in [4.69, 9.17) is 14.0 Å². The standard InChI is InChI=1S/C24H23F2N3O6S/c1-33-22-10-18(15-3-2-4-16(25)9-15)19(26)11-21(22)29-20-5-7-28(12-23(20)34-13-24(29)30)36(31,32)14-17-6-8-35-27-17/h2-4,6,8-11,20,23H,5,7,12-14H2,1H3/t20-,23-/m1/s1. The molecule has 0 saturated carbocycles. The second-order valence-corrected chi connectivity index (χ2v) is 10.6. The second kappa shape index (κ2) is 9.60. The number of methoxy groups -OCH3 is 1. The molecule has 2 atom stereocenters. The number of sulfonamides is 1. The molecule has 0 unspecified atom stereocenters. The van der Waals surface area contributed by atoms with Gasteiger partial charge in [0.05, 0.1) is 30.6 Å². The lowest BCUT2D eigenvalue weighted by Crippen LogP contribution is -2.62. The fourth-order valence-corrected chi connectivity index (χ4v) is 6.16. The van der Waals surface area contributed by atoms with Crippen LogP contribution in [0.5, 0.6) is 5.75 Å². The van der Waals surface area contributed by atoms with Gasteiger partial charge < -0.3 is 18.9 Å². The minimum Gasteiger partial charge on any atom is -0.495 e. The van der Waals surface area contributed by atoms with Gasteiger partial charge in [-0.15, -0.1) is 0 Å². The molecule has 3 heterocycles.